The lowest BCUT2D eigenvalue weighted by molar-refractivity contribution is -0.671. The van der Waals surface area contributed by atoms with E-state index in [0.29, 0.717) is 0 Å². The number of nitrogens with two attached hydrogens (primary N) is 1. The van der Waals surface area contributed by atoms with E-state index < -0.39 is 0 Å². The number of quaternary nitrogens is 1. The standard InChI is InChI=1S/C15H25NO/c1-3-5-6-9-12-16-13-14-10-7-8-11-15(14)17-4-2/h7-8,10-11,16H,3-6,9,12-13H2,1-2H3/p+1. The van der Waals surface area contributed by atoms with Gasteiger partial charge in [0.05, 0.1) is 13.2 Å². The lowest BCUT2D eigenvalue weighted by Gasteiger charge is -2.08. The Labute approximate surface area is 105 Å². The van der Waals surface area contributed by atoms with Crippen LogP contribution in [0.5, 0.6) is 5.75 Å². The van der Waals surface area contributed by atoms with E-state index in [9.17, 15) is 0 Å². The Morgan fingerprint density at radius 2 is 1.88 bits per heavy atom. The molecule has 1 aromatic carbocycles. The van der Waals surface area contributed by atoms with Crippen molar-refractivity contribution in [1.29, 1.82) is 0 Å². The zero-order valence-corrected chi connectivity index (χ0v) is 11.2. The first-order valence-corrected chi connectivity index (χ1v) is 6.90. The first-order valence-electron chi connectivity index (χ1n) is 6.90. The second kappa shape index (κ2) is 9.06. The minimum absolute atomic E-state index is 0.744. The molecular formula is C15H26NO+. The molecule has 0 saturated heterocycles. The quantitative estimate of drug-likeness (QED) is 0.655. The molecule has 2 N–H and O–H groups in total. The summed E-state index contributed by atoms with van der Waals surface area (Å²) in [5, 5.41) is 2.38. The van der Waals surface area contributed by atoms with E-state index >= 15 is 0 Å². The Bertz CT molecular complexity index is 299. The molecule has 0 fully saturated rings. The average Bonchev–Trinajstić information content (AvgIpc) is 2.36. The number of unbranched alkanes of at least 4 members (excludes halogenated alkanes) is 3. The summed E-state index contributed by atoms with van der Waals surface area (Å²) in [7, 11) is 0. The summed E-state index contributed by atoms with van der Waals surface area (Å²) in [5.41, 5.74) is 1.31. The van der Waals surface area contributed by atoms with Gasteiger partial charge in [0.15, 0.2) is 0 Å². The summed E-state index contributed by atoms with van der Waals surface area (Å²) in [6.45, 7) is 7.28. The zero-order chi connectivity index (χ0) is 12.3. The van der Waals surface area contributed by atoms with Crippen LogP contribution >= 0.6 is 0 Å². The predicted molar refractivity (Wildman–Crippen MR) is 72.2 cm³/mol. The van der Waals surface area contributed by atoms with Crippen molar-refractivity contribution in [1.82, 2.24) is 0 Å². The van der Waals surface area contributed by atoms with Crippen LogP contribution in [0.3, 0.4) is 0 Å². The molecule has 0 saturated carbocycles. The molecule has 2 heteroatoms. The third kappa shape index (κ3) is 5.73. The highest BCUT2D eigenvalue weighted by atomic mass is 16.5. The Balaban J connectivity index is 2.25. The van der Waals surface area contributed by atoms with Gasteiger partial charge in [-0.3, -0.25) is 0 Å². The summed E-state index contributed by atoms with van der Waals surface area (Å²) in [6.07, 6.45) is 5.36. The van der Waals surface area contributed by atoms with Crippen LogP contribution in [0, 0.1) is 0 Å². The van der Waals surface area contributed by atoms with Gasteiger partial charge in [-0.2, -0.15) is 0 Å². The summed E-state index contributed by atoms with van der Waals surface area (Å²) in [6, 6.07) is 8.34. The van der Waals surface area contributed by atoms with Crippen molar-refractivity contribution < 1.29 is 10.1 Å². The van der Waals surface area contributed by atoms with Gasteiger partial charge >= 0.3 is 0 Å². The van der Waals surface area contributed by atoms with Gasteiger partial charge < -0.3 is 10.1 Å². The normalized spacial score (nSPS) is 10.5. The molecule has 0 unspecified atom stereocenters. The fraction of sp³-hybridized carbons (Fsp3) is 0.600. The van der Waals surface area contributed by atoms with Gasteiger partial charge in [0.25, 0.3) is 0 Å². The number of hydrogen-bond acceptors (Lipinski definition) is 1. The van der Waals surface area contributed by atoms with E-state index in [4.69, 9.17) is 4.74 Å². The molecular weight excluding hydrogens is 210 g/mol. The van der Waals surface area contributed by atoms with Crippen LogP contribution in [-0.2, 0) is 6.54 Å². The molecule has 0 amide bonds. The number of rotatable bonds is 9. The van der Waals surface area contributed by atoms with Crippen LogP contribution in [0.15, 0.2) is 24.3 Å². The number of benzene rings is 1. The largest absolute Gasteiger partial charge is 0.493 e. The SMILES string of the molecule is CCCCCC[NH2+]Cc1ccccc1OCC. The molecule has 1 aromatic rings. The molecule has 2 nitrogen and oxygen atoms in total. The Morgan fingerprint density at radius 3 is 2.65 bits per heavy atom. The highest BCUT2D eigenvalue weighted by molar-refractivity contribution is 5.32. The van der Waals surface area contributed by atoms with E-state index in [2.05, 4.69) is 30.4 Å². The molecule has 96 valence electrons. The van der Waals surface area contributed by atoms with Crippen LogP contribution in [-0.4, -0.2) is 13.2 Å². The van der Waals surface area contributed by atoms with Crippen molar-refractivity contribution in [3.05, 3.63) is 29.8 Å². The van der Waals surface area contributed by atoms with E-state index in [1.54, 1.807) is 0 Å². The summed E-state index contributed by atoms with van der Waals surface area (Å²) in [4.78, 5) is 0. The van der Waals surface area contributed by atoms with Gasteiger partial charge in [-0.15, -0.1) is 0 Å². The molecule has 0 heterocycles. The molecule has 0 bridgehead atoms. The molecule has 0 spiro atoms. The van der Waals surface area contributed by atoms with Crippen molar-refractivity contribution in [3.63, 3.8) is 0 Å². The van der Waals surface area contributed by atoms with Crippen molar-refractivity contribution >= 4 is 0 Å². The molecule has 0 aliphatic rings. The second-order valence-corrected chi connectivity index (χ2v) is 4.38. The molecule has 0 aliphatic heterocycles. The second-order valence-electron chi connectivity index (χ2n) is 4.38. The Hall–Kier alpha value is -1.02. The minimum atomic E-state index is 0.744. The molecule has 0 aliphatic carbocycles. The van der Waals surface area contributed by atoms with E-state index in [1.165, 1.54) is 37.8 Å². The molecule has 0 radical (unpaired) electrons. The highest BCUT2D eigenvalue weighted by Gasteiger charge is 2.03. The van der Waals surface area contributed by atoms with Gasteiger partial charge in [-0.25, -0.2) is 0 Å². The monoisotopic (exact) mass is 236 g/mol. The fourth-order valence-corrected chi connectivity index (χ4v) is 1.94. The van der Waals surface area contributed by atoms with Crippen molar-refractivity contribution in [3.8, 4) is 5.75 Å². The van der Waals surface area contributed by atoms with Crippen LogP contribution in [0.25, 0.3) is 0 Å². The van der Waals surface area contributed by atoms with E-state index in [-0.39, 0.29) is 0 Å². The Morgan fingerprint density at radius 1 is 1.06 bits per heavy atom. The zero-order valence-electron chi connectivity index (χ0n) is 11.2. The summed E-state index contributed by atoms with van der Waals surface area (Å²) < 4.78 is 5.61. The van der Waals surface area contributed by atoms with Gasteiger partial charge in [-0.1, -0.05) is 31.9 Å². The van der Waals surface area contributed by atoms with E-state index in [0.717, 1.165) is 18.9 Å². The molecule has 1 rings (SSSR count). The number of para-hydroxylation sites is 1. The van der Waals surface area contributed by atoms with Crippen molar-refractivity contribution in [2.24, 2.45) is 0 Å². The number of ether oxygens (including phenoxy) is 1. The third-order valence-corrected chi connectivity index (χ3v) is 2.90. The van der Waals surface area contributed by atoms with Gasteiger partial charge in [0.1, 0.15) is 12.3 Å². The maximum absolute atomic E-state index is 5.61. The Kier molecular flexibility index (Phi) is 7.48. The first-order chi connectivity index (χ1) is 8.38. The van der Waals surface area contributed by atoms with Gasteiger partial charge in [-0.05, 0) is 31.9 Å². The van der Waals surface area contributed by atoms with Gasteiger partial charge in [0.2, 0.25) is 0 Å². The fourth-order valence-electron chi connectivity index (χ4n) is 1.94. The average molecular weight is 236 g/mol. The van der Waals surface area contributed by atoms with Crippen molar-refractivity contribution in [2.45, 2.75) is 46.1 Å². The number of hydrogen-bond donors (Lipinski definition) is 1. The topological polar surface area (TPSA) is 25.8 Å². The van der Waals surface area contributed by atoms with Crippen LogP contribution in [0.1, 0.15) is 45.1 Å². The summed E-state index contributed by atoms with van der Waals surface area (Å²) >= 11 is 0. The van der Waals surface area contributed by atoms with Crippen LogP contribution in [0.2, 0.25) is 0 Å². The lowest BCUT2D eigenvalue weighted by Crippen LogP contribution is -2.82. The molecule has 0 atom stereocenters. The van der Waals surface area contributed by atoms with Gasteiger partial charge in [0, 0.05) is 5.56 Å². The minimum Gasteiger partial charge on any atom is -0.493 e. The van der Waals surface area contributed by atoms with Crippen molar-refractivity contribution in [2.75, 3.05) is 13.2 Å². The molecule has 0 aromatic heterocycles. The smallest absolute Gasteiger partial charge is 0.128 e. The highest BCUT2D eigenvalue weighted by Crippen LogP contribution is 2.16. The lowest BCUT2D eigenvalue weighted by atomic mass is 10.2. The van der Waals surface area contributed by atoms with E-state index in [1.807, 2.05) is 13.0 Å². The molecule has 17 heavy (non-hydrogen) atoms. The summed E-state index contributed by atoms with van der Waals surface area (Å²) in [5.74, 6) is 1.04. The van der Waals surface area contributed by atoms with Crippen LogP contribution in [0.4, 0.5) is 0 Å². The first kappa shape index (κ1) is 14.0. The van der Waals surface area contributed by atoms with Crippen LogP contribution < -0.4 is 10.1 Å². The third-order valence-electron chi connectivity index (χ3n) is 2.90. The predicted octanol–water partition coefficient (Wildman–Crippen LogP) is 2.73. The maximum Gasteiger partial charge on any atom is 0.128 e. The maximum atomic E-state index is 5.61.